The highest BCUT2D eigenvalue weighted by molar-refractivity contribution is 7.86. The van der Waals surface area contributed by atoms with E-state index in [1.807, 2.05) is 7.05 Å². The van der Waals surface area contributed by atoms with Crippen LogP contribution in [0.5, 0.6) is 0 Å². The Bertz CT molecular complexity index is 943. The topological polar surface area (TPSA) is 99.0 Å². The number of fused-ring (bicyclic) bond motifs is 2. The van der Waals surface area contributed by atoms with Crippen LogP contribution in [0.3, 0.4) is 0 Å². The molecule has 1 aliphatic carbocycles. The molecule has 31 heavy (non-hydrogen) atoms. The molecule has 3 aliphatic heterocycles. The fourth-order valence-electron chi connectivity index (χ4n) is 5.37. The van der Waals surface area contributed by atoms with E-state index in [9.17, 15) is 13.2 Å². The lowest BCUT2D eigenvalue weighted by Crippen LogP contribution is -2.63. The summed E-state index contributed by atoms with van der Waals surface area (Å²) < 4.78 is 35.8. The highest BCUT2D eigenvalue weighted by Crippen LogP contribution is 2.41. The van der Waals surface area contributed by atoms with Crippen molar-refractivity contribution in [2.24, 2.45) is 0 Å². The van der Waals surface area contributed by atoms with Gasteiger partial charge in [-0.15, -0.1) is 0 Å². The second kappa shape index (κ2) is 7.54. The quantitative estimate of drug-likeness (QED) is 0.729. The minimum Gasteiger partial charge on any atom is -0.360 e. The van der Waals surface area contributed by atoms with Gasteiger partial charge in [0.05, 0.1) is 0 Å². The molecule has 0 aromatic carbocycles. The summed E-state index contributed by atoms with van der Waals surface area (Å²) in [6.45, 7) is 5.92. The third-order valence-electron chi connectivity index (χ3n) is 7.62. The van der Waals surface area contributed by atoms with E-state index in [4.69, 9.17) is 4.52 Å². The predicted octanol–water partition coefficient (Wildman–Crippen LogP) is 1.55. The van der Waals surface area contributed by atoms with Gasteiger partial charge in [-0.25, -0.2) is 0 Å². The third kappa shape index (κ3) is 3.92. The predicted molar refractivity (Wildman–Crippen MR) is 115 cm³/mol. The fraction of sp³-hybridized carbons (Fsp3) is 0.810. The number of aromatic nitrogens is 1. The normalized spacial score (nSPS) is 32.3. The van der Waals surface area contributed by atoms with Crippen LogP contribution in [-0.4, -0.2) is 83.3 Å². The van der Waals surface area contributed by atoms with Crippen molar-refractivity contribution in [3.05, 3.63) is 17.5 Å². The molecule has 5 rings (SSSR count). The largest absolute Gasteiger partial charge is 0.360 e. The Labute approximate surface area is 184 Å². The van der Waals surface area contributed by atoms with Crippen LogP contribution in [0.1, 0.15) is 74.5 Å². The lowest BCUT2D eigenvalue weighted by Gasteiger charge is -2.47. The van der Waals surface area contributed by atoms with Crippen LogP contribution in [0.4, 0.5) is 0 Å². The van der Waals surface area contributed by atoms with Crippen LogP contribution in [0, 0.1) is 0 Å². The number of piperidine rings is 1. The monoisotopic (exact) mass is 451 g/mol. The molecule has 0 unspecified atom stereocenters. The van der Waals surface area contributed by atoms with E-state index in [0.717, 1.165) is 38.0 Å². The Morgan fingerprint density at radius 1 is 1.16 bits per heavy atom. The summed E-state index contributed by atoms with van der Waals surface area (Å²) in [5.74, 6) is 0.983. The van der Waals surface area contributed by atoms with Gasteiger partial charge < -0.3 is 9.84 Å². The number of nitrogens with one attached hydrogen (secondary N) is 1. The second-order valence-corrected chi connectivity index (χ2v) is 12.2. The Morgan fingerprint density at radius 2 is 1.84 bits per heavy atom. The molecule has 2 bridgehead atoms. The molecular formula is C21H33N5O4S. The van der Waals surface area contributed by atoms with Gasteiger partial charge in [0.2, 0.25) is 0 Å². The number of hydrogen-bond acceptors (Lipinski definition) is 6. The summed E-state index contributed by atoms with van der Waals surface area (Å²) in [5, 5.41) is 7.00. The van der Waals surface area contributed by atoms with E-state index < -0.39 is 10.2 Å². The van der Waals surface area contributed by atoms with Crippen LogP contribution in [0.25, 0.3) is 0 Å². The molecule has 0 spiro atoms. The number of amides is 1. The lowest BCUT2D eigenvalue weighted by atomic mass is 9.99. The first kappa shape index (κ1) is 21.4. The Hall–Kier alpha value is -1.49. The van der Waals surface area contributed by atoms with E-state index in [0.29, 0.717) is 37.5 Å². The van der Waals surface area contributed by atoms with Crippen molar-refractivity contribution in [3.8, 4) is 0 Å². The van der Waals surface area contributed by atoms with Gasteiger partial charge >= 0.3 is 0 Å². The van der Waals surface area contributed by atoms with Crippen molar-refractivity contribution in [3.63, 3.8) is 0 Å². The van der Waals surface area contributed by atoms with Crippen LogP contribution >= 0.6 is 0 Å². The first-order valence-corrected chi connectivity index (χ1v) is 12.8. The van der Waals surface area contributed by atoms with Gasteiger partial charge in [-0.1, -0.05) is 5.16 Å². The molecular weight excluding hydrogens is 418 g/mol. The maximum absolute atomic E-state index is 13.5. The van der Waals surface area contributed by atoms with Crippen molar-refractivity contribution in [1.82, 2.24) is 24.0 Å². The number of carbonyl (C=O) groups is 1. The van der Waals surface area contributed by atoms with Crippen molar-refractivity contribution < 1.29 is 17.7 Å². The highest BCUT2D eigenvalue weighted by atomic mass is 32.2. The minimum atomic E-state index is -3.52. The molecule has 10 heteroatoms. The Balaban J connectivity index is 1.24. The first-order chi connectivity index (χ1) is 14.6. The zero-order valence-electron chi connectivity index (χ0n) is 18.6. The van der Waals surface area contributed by atoms with Gasteiger partial charge in [-0.3, -0.25) is 9.69 Å². The number of carbonyl (C=O) groups excluding carboxylic acids is 1. The lowest BCUT2D eigenvalue weighted by molar-refractivity contribution is 0.0724. The Kier molecular flexibility index (Phi) is 5.19. The Morgan fingerprint density at radius 3 is 2.45 bits per heavy atom. The number of nitrogens with zero attached hydrogens (tertiary/aromatic N) is 4. The molecule has 4 heterocycles. The maximum Gasteiger partial charge on any atom is 0.282 e. The number of hydrogen-bond donors (Lipinski definition) is 1. The van der Waals surface area contributed by atoms with Crippen molar-refractivity contribution in [1.29, 1.82) is 0 Å². The molecule has 1 amide bonds. The van der Waals surface area contributed by atoms with E-state index in [1.54, 1.807) is 14.7 Å². The van der Waals surface area contributed by atoms with E-state index in [-0.39, 0.29) is 29.6 Å². The number of piperazine rings is 1. The molecule has 3 saturated heterocycles. The van der Waals surface area contributed by atoms with Crippen LogP contribution in [0.2, 0.25) is 0 Å². The first-order valence-electron chi connectivity index (χ1n) is 11.4. The molecule has 9 nitrogen and oxygen atoms in total. The van der Waals surface area contributed by atoms with Gasteiger partial charge in [0, 0.05) is 55.3 Å². The molecule has 3 atom stereocenters. The summed E-state index contributed by atoms with van der Waals surface area (Å²) in [6, 6.07) is 1.59. The zero-order chi connectivity index (χ0) is 22.0. The van der Waals surface area contributed by atoms with Gasteiger partial charge in [0.1, 0.15) is 5.76 Å². The number of rotatable bonds is 5. The standard InChI is InChI=1S/C21H33N5O4S/c1-21(2)13-25(9-8-24(21)3)31(28,29)26-16-6-7-17(26)11-15(10-16)22-20(27)18-12-19(30-23-18)14-4-5-14/h12,14-17H,4-11,13H2,1-3H3,(H,22,27)/t15-,16+,17-. The van der Waals surface area contributed by atoms with Crippen molar-refractivity contribution in [2.75, 3.05) is 26.7 Å². The molecule has 1 aromatic rings. The minimum absolute atomic E-state index is 0.0403. The third-order valence-corrected chi connectivity index (χ3v) is 9.71. The van der Waals surface area contributed by atoms with Crippen molar-refractivity contribution >= 4 is 16.1 Å². The average molecular weight is 452 g/mol. The molecule has 1 aromatic heterocycles. The van der Waals surface area contributed by atoms with E-state index >= 15 is 0 Å². The average Bonchev–Trinajstić information content (AvgIpc) is 3.36. The summed E-state index contributed by atoms with van der Waals surface area (Å²) in [5.41, 5.74) is 0.136. The van der Waals surface area contributed by atoms with Gasteiger partial charge in [-0.2, -0.15) is 17.0 Å². The van der Waals surface area contributed by atoms with Crippen LogP contribution in [-0.2, 0) is 10.2 Å². The molecule has 4 aliphatic rings. The van der Waals surface area contributed by atoms with E-state index in [2.05, 4.69) is 29.2 Å². The van der Waals surface area contributed by atoms with Crippen LogP contribution in [0.15, 0.2) is 10.6 Å². The molecule has 1 N–H and O–H groups in total. The summed E-state index contributed by atoms with van der Waals surface area (Å²) in [4.78, 5) is 14.9. The molecule has 4 fully saturated rings. The van der Waals surface area contributed by atoms with Gasteiger partial charge in [-0.05, 0) is 59.4 Å². The smallest absolute Gasteiger partial charge is 0.282 e. The molecule has 0 radical (unpaired) electrons. The highest BCUT2D eigenvalue weighted by Gasteiger charge is 2.50. The molecule has 1 saturated carbocycles. The summed E-state index contributed by atoms with van der Waals surface area (Å²) in [7, 11) is -1.47. The fourth-order valence-corrected chi connectivity index (χ4v) is 7.56. The van der Waals surface area contributed by atoms with E-state index in [1.165, 1.54) is 0 Å². The summed E-state index contributed by atoms with van der Waals surface area (Å²) >= 11 is 0. The second-order valence-electron chi connectivity index (χ2n) is 10.3. The zero-order valence-corrected chi connectivity index (χ0v) is 19.4. The van der Waals surface area contributed by atoms with Crippen molar-refractivity contribution in [2.45, 2.75) is 82.0 Å². The van der Waals surface area contributed by atoms with Gasteiger partial charge in [0.15, 0.2) is 5.69 Å². The number of likely N-dealkylation sites (N-methyl/N-ethyl adjacent to an activating group) is 1. The summed E-state index contributed by atoms with van der Waals surface area (Å²) in [6.07, 6.45) is 5.18. The van der Waals surface area contributed by atoms with Crippen LogP contribution < -0.4 is 5.32 Å². The molecule has 172 valence electrons. The van der Waals surface area contributed by atoms with Gasteiger partial charge in [0.25, 0.3) is 16.1 Å². The SMILES string of the molecule is CN1CCN(S(=O)(=O)N2[C@@H]3CC[C@H]2C[C@@H](NC(=O)c2cc(C4CC4)on2)C3)CC1(C)C. The maximum atomic E-state index is 13.5.